The third kappa shape index (κ3) is 6.79. The maximum absolute atomic E-state index is 5.39. The van der Waals surface area contributed by atoms with E-state index in [2.05, 4.69) is 281 Å². The summed E-state index contributed by atoms with van der Waals surface area (Å²) in [5, 5.41) is 11.7. The number of para-hydroxylation sites is 3. The van der Waals surface area contributed by atoms with E-state index in [0.717, 1.165) is 77.1 Å². The molecule has 0 fully saturated rings. The SMILES string of the molecule is c1ccc(-c2ccc(-c3cccc(-n4c5ccccc5c5c6c7ccccc7n(-c7cccc8c7c7ccccc7n8-c7nc(-c8ccc9ccccc9c8)nc(-c8ccc9ccccc9c8)n7)c6ccc54)c3)cc2)cc1. The predicted octanol–water partition coefficient (Wildman–Crippen LogP) is 18.1. The lowest BCUT2D eigenvalue weighted by Gasteiger charge is -2.13. The Morgan fingerprint density at radius 1 is 0.234 bits per heavy atom. The fraction of sp³-hybridized carbons (Fsp3) is 0. The van der Waals surface area contributed by atoms with Crippen LogP contribution in [0.2, 0.25) is 0 Å². The van der Waals surface area contributed by atoms with Crippen LogP contribution in [0.3, 0.4) is 0 Å². The van der Waals surface area contributed by atoms with Gasteiger partial charge in [0, 0.05) is 49.1 Å². The number of hydrogen-bond acceptors (Lipinski definition) is 3. The summed E-state index contributed by atoms with van der Waals surface area (Å²) in [6.45, 7) is 0. The summed E-state index contributed by atoms with van der Waals surface area (Å²) < 4.78 is 7.15. The van der Waals surface area contributed by atoms with Crippen LogP contribution >= 0.6 is 0 Å². The Bertz CT molecular complexity index is 4940. The first kappa shape index (κ1) is 43.0. The molecular weight excluding hydrogens is 937 g/mol. The van der Waals surface area contributed by atoms with E-state index in [1.54, 1.807) is 0 Å². The minimum absolute atomic E-state index is 0.555. The van der Waals surface area contributed by atoms with E-state index in [4.69, 9.17) is 15.0 Å². The van der Waals surface area contributed by atoms with Gasteiger partial charge in [-0.25, -0.2) is 4.98 Å². The van der Waals surface area contributed by atoms with Gasteiger partial charge in [-0.3, -0.25) is 4.57 Å². The molecule has 0 atom stereocenters. The number of rotatable bonds is 7. The molecule has 0 saturated heterocycles. The summed E-state index contributed by atoms with van der Waals surface area (Å²) in [6.07, 6.45) is 0. The van der Waals surface area contributed by atoms with Crippen molar-refractivity contribution in [3.63, 3.8) is 0 Å². The van der Waals surface area contributed by atoms with Crippen molar-refractivity contribution in [3.05, 3.63) is 267 Å². The Morgan fingerprint density at radius 3 is 1.29 bits per heavy atom. The highest BCUT2D eigenvalue weighted by molar-refractivity contribution is 6.29. The highest BCUT2D eigenvalue weighted by atomic mass is 15.2. The Labute approximate surface area is 442 Å². The number of hydrogen-bond donors (Lipinski definition) is 0. The van der Waals surface area contributed by atoms with E-state index in [-0.39, 0.29) is 0 Å². The first-order valence-corrected chi connectivity index (χ1v) is 26.2. The first-order chi connectivity index (χ1) is 38.2. The molecule has 16 aromatic rings. The van der Waals surface area contributed by atoms with E-state index >= 15 is 0 Å². The average Bonchev–Trinajstić information content (AvgIpc) is 4.36. The van der Waals surface area contributed by atoms with Gasteiger partial charge in [0.1, 0.15) is 0 Å². The zero-order valence-electron chi connectivity index (χ0n) is 41.6. The quantitative estimate of drug-likeness (QED) is 0.160. The molecule has 6 nitrogen and oxygen atoms in total. The van der Waals surface area contributed by atoms with Crippen molar-refractivity contribution in [2.75, 3.05) is 0 Å². The van der Waals surface area contributed by atoms with E-state index < -0.39 is 0 Å². The van der Waals surface area contributed by atoms with Gasteiger partial charge in [-0.2, -0.15) is 9.97 Å². The third-order valence-electron chi connectivity index (χ3n) is 15.7. The van der Waals surface area contributed by atoms with E-state index in [1.165, 1.54) is 54.6 Å². The van der Waals surface area contributed by atoms with Gasteiger partial charge in [0.15, 0.2) is 11.6 Å². The number of aromatic nitrogens is 6. The van der Waals surface area contributed by atoms with Gasteiger partial charge in [-0.1, -0.05) is 200 Å². The summed E-state index contributed by atoms with van der Waals surface area (Å²) in [5.74, 6) is 1.78. The molecule has 0 saturated carbocycles. The van der Waals surface area contributed by atoms with E-state index in [0.29, 0.717) is 17.6 Å². The molecule has 0 aliphatic rings. The van der Waals surface area contributed by atoms with Gasteiger partial charge >= 0.3 is 0 Å². The Kier molecular flexibility index (Phi) is 9.53. The van der Waals surface area contributed by atoms with Crippen molar-refractivity contribution in [3.8, 4) is 62.4 Å². The molecule has 0 radical (unpaired) electrons. The molecule has 0 unspecified atom stereocenters. The van der Waals surface area contributed by atoms with Gasteiger partial charge in [0.25, 0.3) is 0 Å². The fourth-order valence-corrected chi connectivity index (χ4v) is 12.1. The first-order valence-electron chi connectivity index (χ1n) is 26.2. The lowest BCUT2D eigenvalue weighted by atomic mass is 10.00. The average molecular weight is 981 g/mol. The molecule has 0 N–H and O–H groups in total. The highest BCUT2D eigenvalue weighted by Gasteiger charge is 2.25. The molecule has 16 rings (SSSR count). The zero-order valence-corrected chi connectivity index (χ0v) is 41.6. The van der Waals surface area contributed by atoms with Gasteiger partial charge in [-0.15, -0.1) is 0 Å². The Balaban J connectivity index is 0.905. The van der Waals surface area contributed by atoms with Crippen LogP contribution in [0, 0.1) is 0 Å². The number of benzene rings is 12. The van der Waals surface area contributed by atoms with Crippen molar-refractivity contribution < 1.29 is 0 Å². The second-order valence-electron chi connectivity index (χ2n) is 20.0. The molecule has 0 bridgehead atoms. The van der Waals surface area contributed by atoms with Gasteiger partial charge in [-0.05, 0) is 111 Å². The second-order valence-corrected chi connectivity index (χ2v) is 20.0. The monoisotopic (exact) mass is 980 g/mol. The summed E-state index contributed by atoms with van der Waals surface area (Å²) in [6, 6.07) is 95.9. The van der Waals surface area contributed by atoms with E-state index in [1.807, 2.05) is 0 Å². The van der Waals surface area contributed by atoms with Crippen LogP contribution in [0.4, 0.5) is 0 Å². The standard InChI is InChI=1S/C71H44N6/c1-2-16-45(17-3-1)48-32-34-49(35-33-48)52-22-14-23-55(44-52)75-59-27-11-9-25-57(59)67-64(75)40-41-65-68(67)58-26-10-12-28-60(58)76(65)62-30-15-31-63-66(62)56-24-8-13-29-61(56)77(63)71-73-69(53-38-36-46-18-4-6-20-50(46)42-53)72-70(74-71)54-39-37-47-19-5-7-21-51(47)43-54/h1-44H. The topological polar surface area (TPSA) is 53.5 Å². The summed E-state index contributed by atoms with van der Waals surface area (Å²) in [7, 11) is 0. The van der Waals surface area contributed by atoms with Crippen LogP contribution in [-0.2, 0) is 0 Å². The van der Waals surface area contributed by atoms with Crippen molar-refractivity contribution in [2.24, 2.45) is 0 Å². The predicted molar refractivity (Wildman–Crippen MR) is 320 cm³/mol. The second kappa shape index (κ2) is 17.1. The van der Waals surface area contributed by atoms with Crippen LogP contribution in [0.5, 0.6) is 0 Å². The molecule has 77 heavy (non-hydrogen) atoms. The van der Waals surface area contributed by atoms with Crippen molar-refractivity contribution in [1.82, 2.24) is 28.7 Å². The fourth-order valence-electron chi connectivity index (χ4n) is 12.1. The summed E-state index contributed by atoms with van der Waals surface area (Å²) in [5.41, 5.74) is 15.4. The summed E-state index contributed by atoms with van der Waals surface area (Å²) >= 11 is 0. The molecule has 0 aliphatic heterocycles. The third-order valence-corrected chi connectivity index (χ3v) is 15.7. The van der Waals surface area contributed by atoms with Crippen LogP contribution < -0.4 is 0 Å². The smallest absolute Gasteiger partial charge is 0.238 e. The lowest BCUT2D eigenvalue weighted by Crippen LogP contribution is -2.06. The van der Waals surface area contributed by atoms with Gasteiger partial charge in [0.05, 0.1) is 38.8 Å². The normalized spacial score (nSPS) is 11.9. The zero-order chi connectivity index (χ0) is 50.6. The molecule has 6 heteroatoms. The van der Waals surface area contributed by atoms with Crippen LogP contribution in [0.15, 0.2) is 267 Å². The van der Waals surface area contributed by atoms with Gasteiger partial charge < -0.3 is 9.13 Å². The largest absolute Gasteiger partial charge is 0.309 e. The molecular formula is C71H44N6. The van der Waals surface area contributed by atoms with E-state index in [9.17, 15) is 0 Å². The van der Waals surface area contributed by atoms with Crippen molar-refractivity contribution >= 4 is 87.0 Å². The lowest BCUT2D eigenvalue weighted by molar-refractivity contribution is 0.953. The molecule has 0 aliphatic carbocycles. The maximum Gasteiger partial charge on any atom is 0.238 e. The maximum atomic E-state index is 5.39. The number of nitrogens with zero attached hydrogens (tertiary/aromatic N) is 6. The summed E-state index contributed by atoms with van der Waals surface area (Å²) in [4.78, 5) is 16.0. The van der Waals surface area contributed by atoms with Crippen molar-refractivity contribution in [1.29, 1.82) is 0 Å². The van der Waals surface area contributed by atoms with Crippen LogP contribution in [0.1, 0.15) is 0 Å². The Morgan fingerprint density at radius 2 is 0.662 bits per heavy atom. The molecule has 0 spiro atoms. The van der Waals surface area contributed by atoms with Crippen LogP contribution in [-0.4, -0.2) is 28.7 Å². The molecule has 358 valence electrons. The van der Waals surface area contributed by atoms with Gasteiger partial charge in [0.2, 0.25) is 5.95 Å². The minimum atomic E-state index is 0.555. The molecule has 12 aromatic carbocycles. The molecule has 4 heterocycles. The van der Waals surface area contributed by atoms with Crippen LogP contribution in [0.25, 0.3) is 149 Å². The Hall–Kier alpha value is -10.4. The number of fused-ring (bicyclic) bond motifs is 12. The highest BCUT2D eigenvalue weighted by Crippen LogP contribution is 2.45. The molecule has 4 aromatic heterocycles. The van der Waals surface area contributed by atoms with Crippen molar-refractivity contribution in [2.45, 2.75) is 0 Å². The minimum Gasteiger partial charge on any atom is -0.309 e. The molecule has 0 amide bonds.